The lowest BCUT2D eigenvalue weighted by Gasteiger charge is -2.05. The quantitative estimate of drug-likeness (QED) is 0.574. The topological polar surface area (TPSA) is 66.2 Å². The first-order chi connectivity index (χ1) is 10.7. The van der Waals surface area contributed by atoms with Gasteiger partial charge in [-0.1, -0.05) is 30.3 Å². The highest BCUT2D eigenvalue weighted by atomic mass is 32.1. The third-order valence-electron chi connectivity index (χ3n) is 3.87. The van der Waals surface area contributed by atoms with Gasteiger partial charge in [-0.2, -0.15) is 14.9 Å². The van der Waals surface area contributed by atoms with Crippen molar-refractivity contribution in [2.75, 3.05) is 0 Å². The van der Waals surface area contributed by atoms with Crippen molar-refractivity contribution in [2.45, 2.75) is 18.8 Å². The van der Waals surface area contributed by atoms with E-state index in [0.29, 0.717) is 16.3 Å². The smallest absolute Gasteiger partial charge is 0.216 e. The molecule has 0 spiro atoms. The Morgan fingerprint density at radius 2 is 2.09 bits per heavy atom. The molecular weight excluding hydrogens is 296 g/mol. The molecule has 1 saturated carbocycles. The lowest BCUT2D eigenvalue weighted by Crippen LogP contribution is -1.97. The molecule has 0 radical (unpaired) electrons. The number of hydrogen-bond donors (Lipinski definition) is 2. The molecule has 1 fully saturated rings. The van der Waals surface area contributed by atoms with Gasteiger partial charge in [0, 0.05) is 11.5 Å². The Morgan fingerprint density at radius 3 is 2.91 bits per heavy atom. The molecule has 110 valence electrons. The van der Waals surface area contributed by atoms with Gasteiger partial charge in [-0.05, 0) is 41.9 Å². The Kier molecular flexibility index (Phi) is 3.04. The summed E-state index contributed by atoms with van der Waals surface area (Å²) in [7, 11) is 0. The Labute approximate surface area is 131 Å². The van der Waals surface area contributed by atoms with Gasteiger partial charge in [-0.3, -0.25) is 5.10 Å². The molecule has 1 aliphatic carbocycles. The lowest BCUT2D eigenvalue weighted by molar-refractivity contribution is 0.475. The molecule has 1 heterocycles. The highest BCUT2D eigenvalue weighted by Gasteiger charge is 2.29. The molecule has 1 aliphatic rings. The summed E-state index contributed by atoms with van der Waals surface area (Å²) in [5.41, 5.74) is 0.683. The Hall–Kier alpha value is -2.47. The Bertz CT molecular complexity index is 937. The average molecular weight is 310 g/mol. The zero-order valence-corrected chi connectivity index (χ0v) is 12.5. The van der Waals surface area contributed by atoms with Gasteiger partial charge in [0.1, 0.15) is 5.75 Å². The minimum Gasteiger partial charge on any atom is -0.507 e. The molecule has 0 bridgehead atoms. The zero-order valence-electron chi connectivity index (χ0n) is 11.7. The van der Waals surface area contributed by atoms with Gasteiger partial charge in [-0.15, -0.1) is 0 Å². The maximum atomic E-state index is 10.1. The monoisotopic (exact) mass is 310 g/mol. The van der Waals surface area contributed by atoms with E-state index < -0.39 is 0 Å². The van der Waals surface area contributed by atoms with Gasteiger partial charge in [0.15, 0.2) is 5.82 Å². The Morgan fingerprint density at radius 1 is 1.27 bits per heavy atom. The van der Waals surface area contributed by atoms with E-state index in [1.54, 1.807) is 17.0 Å². The number of aromatic hydroxyl groups is 1. The van der Waals surface area contributed by atoms with Crippen LogP contribution in [0.3, 0.4) is 0 Å². The second-order valence-corrected chi connectivity index (χ2v) is 5.82. The predicted molar refractivity (Wildman–Crippen MR) is 88.0 cm³/mol. The summed E-state index contributed by atoms with van der Waals surface area (Å²) in [5, 5.41) is 23.6. The van der Waals surface area contributed by atoms with E-state index in [4.69, 9.17) is 12.2 Å². The first kappa shape index (κ1) is 13.2. The second-order valence-electron chi connectivity index (χ2n) is 5.44. The van der Waals surface area contributed by atoms with Crippen molar-refractivity contribution >= 4 is 29.2 Å². The van der Waals surface area contributed by atoms with Gasteiger partial charge in [0.05, 0.1) is 6.21 Å². The number of hydrogen-bond acceptors (Lipinski definition) is 4. The van der Waals surface area contributed by atoms with Crippen LogP contribution in [-0.2, 0) is 0 Å². The number of aromatic nitrogens is 3. The summed E-state index contributed by atoms with van der Waals surface area (Å²) < 4.78 is 2.12. The molecule has 0 saturated heterocycles. The summed E-state index contributed by atoms with van der Waals surface area (Å²) in [5.74, 6) is 1.50. The van der Waals surface area contributed by atoms with E-state index in [2.05, 4.69) is 15.3 Å². The first-order valence-electron chi connectivity index (χ1n) is 7.16. The third kappa shape index (κ3) is 2.21. The van der Waals surface area contributed by atoms with E-state index >= 15 is 0 Å². The minimum atomic E-state index is 0.199. The second kappa shape index (κ2) is 5.06. The molecule has 6 heteroatoms. The molecule has 22 heavy (non-hydrogen) atoms. The van der Waals surface area contributed by atoms with Gasteiger partial charge < -0.3 is 5.11 Å². The molecule has 3 aromatic rings. The number of nitrogens with one attached hydrogen (secondary N) is 1. The van der Waals surface area contributed by atoms with Gasteiger partial charge in [0.25, 0.3) is 0 Å². The molecule has 1 aromatic heterocycles. The fourth-order valence-corrected chi connectivity index (χ4v) is 2.74. The third-order valence-corrected chi connectivity index (χ3v) is 4.13. The van der Waals surface area contributed by atoms with Gasteiger partial charge in [0.2, 0.25) is 4.77 Å². The summed E-state index contributed by atoms with van der Waals surface area (Å²) in [4.78, 5) is 0. The molecule has 0 aliphatic heterocycles. The SMILES string of the molecule is Oc1ccc2ccccc2c1/C=N/n1c(C2CC2)n[nH]c1=S. The van der Waals surface area contributed by atoms with Crippen LogP contribution in [0, 0.1) is 4.77 Å². The number of phenolic OH excluding ortho intramolecular Hbond substituents is 1. The van der Waals surface area contributed by atoms with Crippen LogP contribution in [0.1, 0.15) is 30.1 Å². The van der Waals surface area contributed by atoms with E-state index in [-0.39, 0.29) is 5.75 Å². The lowest BCUT2D eigenvalue weighted by atomic mass is 10.0. The molecule has 0 atom stereocenters. The van der Waals surface area contributed by atoms with Crippen molar-refractivity contribution in [3.05, 3.63) is 52.6 Å². The maximum absolute atomic E-state index is 10.1. The largest absolute Gasteiger partial charge is 0.507 e. The molecule has 5 nitrogen and oxygen atoms in total. The fourth-order valence-electron chi connectivity index (χ4n) is 2.56. The van der Waals surface area contributed by atoms with Crippen LogP contribution in [0.25, 0.3) is 10.8 Å². The normalized spacial score (nSPS) is 14.9. The van der Waals surface area contributed by atoms with Crippen LogP contribution in [0.5, 0.6) is 5.75 Å². The van der Waals surface area contributed by atoms with Crippen LogP contribution in [0.2, 0.25) is 0 Å². The van der Waals surface area contributed by atoms with Crippen molar-refractivity contribution in [1.29, 1.82) is 0 Å². The zero-order chi connectivity index (χ0) is 15.1. The van der Waals surface area contributed by atoms with E-state index in [9.17, 15) is 5.11 Å². The van der Waals surface area contributed by atoms with Gasteiger partial charge in [-0.25, -0.2) is 0 Å². The summed E-state index contributed by atoms with van der Waals surface area (Å²) in [6.07, 6.45) is 3.89. The molecule has 4 rings (SSSR count). The van der Waals surface area contributed by atoms with Crippen LogP contribution in [0.15, 0.2) is 41.5 Å². The fraction of sp³-hybridized carbons (Fsp3) is 0.188. The average Bonchev–Trinajstić information content (AvgIpc) is 3.31. The number of phenols is 1. The highest BCUT2D eigenvalue weighted by molar-refractivity contribution is 7.71. The molecule has 2 aromatic carbocycles. The van der Waals surface area contributed by atoms with E-state index in [1.807, 2.05) is 30.3 Å². The van der Waals surface area contributed by atoms with Crippen molar-refractivity contribution < 1.29 is 5.11 Å². The standard InChI is InChI=1S/C16H14N4OS/c21-14-8-7-10-3-1-2-4-12(10)13(14)9-17-20-15(11-5-6-11)18-19-16(20)22/h1-4,7-9,11,21H,5-6H2,(H,19,22)/b17-9+. The van der Waals surface area contributed by atoms with Crippen molar-refractivity contribution in [3.8, 4) is 5.75 Å². The van der Waals surface area contributed by atoms with Gasteiger partial charge >= 0.3 is 0 Å². The van der Waals surface area contributed by atoms with Crippen molar-refractivity contribution in [1.82, 2.24) is 14.9 Å². The van der Waals surface area contributed by atoms with Crippen LogP contribution in [-0.4, -0.2) is 26.2 Å². The van der Waals surface area contributed by atoms with E-state index in [1.165, 1.54) is 0 Å². The first-order valence-corrected chi connectivity index (χ1v) is 7.57. The molecular formula is C16H14N4OS. The molecule has 2 N–H and O–H groups in total. The summed E-state index contributed by atoms with van der Waals surface area (Å²) in [6, 6.07) is 11.5. The summed E-state index contributed by atoms with van der Waals surface area (Å²) >= 11 is 5.23. The van der Waals surface area contributed by atoms with E-state index in [0.717, 1.165) is 29.4 Å². The molecule has 0 amide bonds. The number of benzene rings is 2. The number of H-pyrrole nitrogens is 1. The Balaban J connectivity index is 1.82. The summed E-state index contributed by atoms with van der Waals surface area (Å²) in [6.45, 7) is 0. The van der Waals surface area contributed by atoms with Crippen LogP contribution >= 0.6 is 12.2 Å². The molecule has 0 unspecified atom stereocenters. The predicted octanol–water partition coefficient (Wildman–Crippen LogP) is 3.56. The van der Waals surface area contributed by atoms with Crippen LogP contribution < -0.4 is 0 Å². The number of aromatic amines is 1. The maximum Gasteiger partial charge on any atom is 0.216 e. The number of rotatable bonds is 3. The number of fused-ring (bicyclic) bond motifs is 1. The van der Waals surface area contributed by atoms with Crippen molar-refractivity contribution in [3.63, 3.8) is 0 Å². The highest BCUT2D eigenvalue weighted by Crippen LogP contribution is 2.38. The van der Waals surface area contributed by atoms with Crippen molar-refractivity contribution in [2.24, 2.45) is 5.10 Å². The minimum absolute atomic E-state index is 0.199. The number of nitrogens with zero attached hydrogens (tertiary/aromatic N) is 3. The van der Waals surface area contributed by atoms with Crippen LogP contribution in [0.4, 0.5) is 0 Å².